The summed E-state index contributed by atoms with van der Waals surface area (Å²) in [6, 6.07) is 4.39. The van der Waals surface area contributed by atoms with Crippen molar-refractivity contribution < 1.29 is 9.53 Å². The summed E-state index contributed by atoms with van der Waals surface area (Å²) in [5.41, 5.74) is 0. The van der Waals surface area contributed by atoms with Crippen LogP contribution in [0.4, 0.5) is 0 Å². The van der Waals surface area contributed by atoms with Gasteiger partial charge in [0.2, 0.25) is 5.91 Å². The zero-order chi connectivity index (χ0) is 19.2. The molecule has 0 aliphatic carbocycles. The Morgan fingerprint density at radius 3 is 2.75 bits per heavy atom. The highest BCUT2D eigenvalue weighted by molar-refractivity contribution is 14.0. The molecule has 0 bridgehead atoms. The van der Waals surface area contributed by atoms with Crippen LogP contribution >= 0.6 is 35.3 Å². The topological polar surface area (TPSA) is 57.2 Å². The maximum absolute atomic E-state index is 12.0. The van der Waals surface area contributed by atoms with Crippen LogP contribution in [0.15, 0.2) is 22.5 Å². The Morgan fingerprint density at radius 2 is 2.11 bits per heavy atom. The third-order valence-electron chi connectivity index (χ3n) is 5.64. The number of rotatable bonds is 5. The van der Waals surface area contributed by atoms with Gasteiger partial charge < -0.3 is 19.9 Å². The Kier molecular flexibility index (Phi) is 9.49. The van der Waals surface area contributed by atoms with Crippen LogP contribution in [0.1, 0.15) is 37.1 Å². The molecule has 2 aliphatic rings. The van der Waals surface area contributed by atoms with Crippen LogP contribution in [0.3, 0.4) is 0 Å². The van der Waals surface area contributed by atoms with E-state index >= 15 is 0 Å². The number of nitrogens with one attached hydrogen (secondary N) is 1. The highest BCUT2D eigenvalue weighted by atomic mass is 127. The SMILES string of the molecule is CC(NC(=NCC(=O)N(C)C)N1CCC(C2CCOCC2)C1)c1cccs1.I. The van der Waals surface area contributed by atoms with Crippen LogP contribution < -0.4 is 5.32 Å². The minimum atomic E-state index is 0. The van der Waals surface area contributed by atoms with E-state index in [1.807, 2.05) is 0 Å². The lowest BCUT2D eigenvalue weighted by Gasteiger charge is -2.29. The molecule has 2 fully saturated rings. The fourth-order valence-electron chi connectivity index (χ4n) is 3.87. The first kappa shape index (κ1) is 23.4. The second-order valence-corrected chi connectivity index (χ2v) is 8.73. The second kappa shape index (κ2) is 11.3. The molecule has 1 amide bonds. The van der Waals surface area contributed by atoms with E-state index in [-0.39, 0.29) is 42.5 Å². The van der Waals surface area contributed by atoms with Gasteiger partial charge in [-0.1, -0.05) is 6.07 Å². The van der Waals surface area contributed by atoms with Crippen LogP contribution in [-0.4, -0.2) is 68.6 Å². The van der Waals surface area contributed by atoms with E-state index in [1.54, 1.807) is 30.3 Å². The summed E-state index contributed by atoms with van der Waals surface area (Å²) < 4.78 is 5.52. The van der Waals surface area contributed by atoms with Crippen molar-refractivity contribution in [2.75, 3.05) is 46.9 Å². The van der Waals surface area contributed by atoms with Crippen molar-refractivity contribution in [3.63, 3.8) is 0 Å². The van der Waals surface area contributed by atoms with Crippen LogP contribution in [0.2, 0.25) is 0 Å². The summed E-state index contributed by atoms with van der Waals surface area (Å²) in [6.07, 6.45) is 3.53. The molecule has 0 spiro atoms. The van der Waals surface area contributed by atoms with Crippen LogP contribution in [0, 0.1) is 11.8 Å². The lowest BCUT2D eigenvalue weighted by Crippen LogP contribution is -2.42. The number of guanidine groups is 1. The van der Waals surface area contributed by atoms with Gasteiger partial charge in [-0.25, -0.2) is 4.99 Å². The van der Waals surface area contributed by atoms with Crippen molar-refractivity contribution in [2.45, 2.75) is 32.2 Å². The van der Waals surface area contributed by atoms with Gasteiger partial charge in [-0.2, -0.15) is 0 Å². The minimum absolute atomic E-state index is 0. The van der Waals surface area contributed by atoms with Crippen molar-refractivity contribution >= 4 is 47.2 Å². The maximum Gasteiger partial charge on any atom is 0.243 e. The molecule has 3 rings (SSSR count). The van der Waals surface area contributed by atoms with Gasteiger partial charge in [-0.05, 0) is 49.5 Å². The number of carbonyl (C=O) groups is 1. The number of amides is 1. The molecule has 3 heterocycles. The Balaban J connectivity index is 0.00000280. The minimum Gasteiger partial charge on any atom is -0.381 e. The zero-order valence-electron chi connectivity index (χ0n) is 17.1. The van der Waals surface area contributed by atoms with E-state index in [1.165, 1.54) is 24.1 Å². The van der Waals surface area contributed by atoms with Crippen LogP contribution in [-0.2, 0) is 9.53 Å². The van der Waals surface area contributed by atoms with E-state index < -0.39 is 0 Å². The van der Waals surface area contributed by atoms with E-state index in [0.717, 1.165) is 38.2 Å². The normalized spacial score (nSPS) is 21.9. The zero-order valence-corrected chi connectivity index (χ0v) is 20.2. The lowest BCUT2D eigenvalue weighted by atomic mass is 9.85. The number of hydrogen-bond acceptors (Lipinski definition) is 4. The third-order valence-corrected chi connectivity index (χ3v) is 6.69. The highest BCUT2D eigenvalue weighted by Crippen LogP contribution is 2.31. The van der Waals surface area contributed by atoms with Crippen LogP contribution in [0.5, 0.6) is 0 Å². The molecular formula is C20H33IN4O2S. The van der Waals surface area contributed by atoms with Crippen molar-refractivity contribution in [3.8, 4) is 0 Å². The van der Waals surface area contributed by atoms with Crippen LogP contribution in [0.25, 0.3) is 0 Å². The molecule has 2 unspecified atom stereocenters. The Bertz CT molecular complexity index is 632. The summed E-state index contributed by atoms with van der Waals surface area (Å²) in [6.45, 7) is 6.15. The summed E-state index contributed by atoms with van der Waals surface area (Å²) in [7, 11) is 3.55. The molecule has 8 heteroatoms. The summed E-state index contributed by atoms with van der Waals surface area (Å²) in [5, 5.41) is 5.66. The smallest absolute Gasteiger partial charge is 0.243 e. The number of aliphatic imine (C=N–C) groups is 1. The van der Waals surface area contributed by atoms with Crippen molar-refractivity contribution in [1.82, 2.24) is 15.1 Å². The second-order valence-electron chi connectivity index (χ2n) is 7.75. The average molecular weight is 520 g/mol. The van der Waals surface area contributed by atoms with Gasteiger partial charge >= 0.3 is 0 Å². The average Bonchev–Trinajstić information content (AvgIpc) is 3.37. The van der Waals surface area contributed by atoms with E-state index in [0.29, 0.717) is 5.92 Å². The largest absolute Gasteiger partial charge is 0.381 e. The number of carbonyl (C=O) groups excluding carboxylic acids is 1. The molecule has 0 saturated carbocycles. The number of likely N-dealkylation sites (tertiary alicyclic amines) is 1. The fourth-order valence-corrected chi connectivity index (χ4v) is 4.61. The number of nitrogens with zero attached hydrogens (tertiary/aromatic N) is 3. The van der Waals surface area contributed by atoms with E-state index in [2.05, 4.69) is 39.6 Å². The van der Waals surface area contributed by atoms with Crippen molar-refractivity contribution in [1.29, 1.82) is 0 Å². The van der Waals surface area contributed by atoms with E-state index in [4.69, 9.17) is 4.74 Å². The molecule has 0 aromatic carbocycles. The molecule has 1 aromatic rings. The van der Waals surface area contributed by atoms with Gasteiger partial charge in [-0.3, -0.25) is 4.79 Å². The Hall–Kier alpha value is -0.870. The first-order valence-corrected chi connectivity index (χ1v) is 10.8. The maximum atomic E-state index is 12.0. The number of hydrogen-bond donors (Lipinski definition) is 1. The predicted molar refractivity (Wildman–Crippen MR) is 126 cm³/mol. The fraction of sp³-hybridized carbons (Fsp3) is 0.700. The molecule has 2 atom stereocenters. The lowest BCUT2D eigenvalue weighted by molar-refractivity contribution is -0.127. The number of ether oxygens (including phenoxy) is 1. The first-order valence-electron chi connectivity index (χ1n) is 9.92. The van der Waals surface area contributed by atoms with Gasteiger partial charge in [0.05, 0.1) is 6.04 Å². The molecule has 158 valence electrons. The van der Waals surface area contributed by atoms with Gasteiger partial charge in [0.1, 0.15) is 6.54 Å². The molecular weight excluding hydrogens is 487 g/mol. The molecule has 1 aromatic heterocycles. The summed E-state index contributed by atoms with van der Waals surface area (Å²) in [4.78, 5) is 21.9. The van der Waals surface area contributed by atoms with Gasteiger partial charge in [0.25, 0.3) is 0 Å². The van der Waals surface area contributed by atoms with Gasteiger partial charge in [0.15, 0.2) is 5.96 Å². The molecule has 2 saturated heterocycles. The molecule has 28 heavy (non-hydrogen) atoms. The summed E-state index contributed by atoms with van der Waals surface area (Å²) in [5.74, 6) is 2.34. The molecule has 6 nitrogen and oxygen atoms in total. The highest BCUT2D eigenvalue weighted by Gasteiger charge is 2.32. The van der Waals surface area contributed by atoms with Crippen molar-refractivity contribution in [2.24, 2.45) is 16.8 Å². The Morgan fingerprint density at radius 1 is 1.36 bits per heavy atom. The first-order chi connectivity index (χ1) is 13.0. The third kappa shape index (κ3) is 6.32. The predicted octanol–water partition coefficient (Wildman–Crippen LogP) is 3.21. The van der Waals surface area contributed by atoms with Gasteiger partial charge in [0, 0.05) is 45.3 Å². The summed E-state index contributed by atoms with van der Waals surface area (Å²) >= 11 is 1.74. The molecule has 0 radical (unpaired) electrons. The standard InChI is InChI=1S/C20H32N4O2S.HI/c1-15(18-5-4-12-27-18)22-20(21-13-19(25)23(2)3)24-9-6-17(14-24)16-7-10-26-11-8-16;/h4-5,12,15-17H,6-11,13-14H2,1-3H3,(H,21,22);1H. The van der Waals surface area contributed by atoms with Gasteiger partial charge in [-0.15, -0.1) is 35.3 Å². The quantitative estimate of drug-likeness (QED) is 0.368. The number of thiophene rings is 1. The Labute approximate surface area is 189 Å². The van der Waals surface area contributed by atoms with E-state index in [9.17, 15) is 4.79 Å². The monoisotopic (exact) mass is 520 g/mol. The molecule has 2 aliphatic heterocycles. The van der Waals surface area contributed by atoms with Crippen molar-refractivity contribution in [3.05, 3.63) is 22.4 Å². The molecule has 1 N–H and O–H groups in total. The number of halogens is 1. The number of likely N-dealkylation sites (N-methyl/N-ethyl adjacent to an activating group) is 1.